The van der Waals surface area contributed by atoms with Crippen LogP contribution in [0.15, 0.2) is 83.0 Å². The van der Waals surface area contributed by atoms with Gasteiger partial charge in [0, 0.05) is 31.0 Å². The van der Waals surface area contributed by atoms with E-state index in [2.05, 4.69) is 10.2 Å². The van der Waals surface area contributed by atoms with E-state index in [1.54, 1.807) is 12.1 Å². The average molecular weight is 855 g/mol. The van der Waals surface area contributed by atoms with Gasteiger partial charge in [-0.1, -0.05) is 47.3 Å². The summed E-state index contributed by atoms with van der Waals surface area (Å²) >= 11 is 8.88. The first-order valence-corrected chi connectivity index (χ1v) is 20.8. The number of carbonyl (C=O) groups is 2. The Bertz CT molecular complexity index is 2330. The van der Waals surface area contributed by atoms with Crippen molar-refractivity contribution in [2.24, 2.45) is 33.5 Å². The van der Waals surface area contributed by atoms with Crippen molar-refractivity contribution in [2.75, 3.05) is 13.1 Å². The van der Waals surface area contributed by atoms with Crippen LogP contribution in [0.1, 0.15) is 72.9 Å². The van der Waals surface area contributed by atoms with Crippen molar-refractivity contribution >= 4 is 57.0 Å². The third-order valence-corrected chi connectivity index (χ3v) is 14.4. The summed E-state index contributed by atoms with van der Waals surface area (Å²) < 4.78 is 70.0. The molecule has 2 amide bonds. The van der Waals surface area contributed by atoms with Crippen molar-refractivity contribution in [3.63, 3.8) is 0 Å². The van der Waals surface area contributed by atoms with Crippen LogP contribution in [0.25, 0.3) is 0 Å². The molecule has 304 valence electrons. The van der Waals surface area contributed by atoms with Gasteiger partial charge in [0.2, 0.25) is 11.8 Å². The number of thioether (sulfide) groups is 2. The number of aryl methyl sites for hydroxylation is 2. The standard InChI is InChI=1S/C21H20ClF2N3OS.C21H20F3N3OS/c1-12(28)27-21(29-20(26-27)17-10-15(23)6-7-19(17)22)14(8-9-25)4-2-13-3-5-16(24)11-18(13)21;1-12(28)27-21(29-20(26-27)14-8-17(23)10-18(24)9-14)15(6-7-25)4-2-13-3-5-16(22)11-19(13)21/h3,5-7,10-11,14H,2,4,8-9,25H2,1H3;3,5,8-11,15H,2,4,6-7,25H2,1H3/t;15-,21-/m.1/s1. The smallest absolute Gasteiger partial charge is 0.241 e. The van der Waals surface area contributed by atoms with E-state index in [1.165, 1.54) is 102 Å². The molecule has 0 bridgehead atoms. The molecule has 8 nitrogen and oxygen atoms in total. The lowest BCUT2D eigenvalue weighted by atomic mass is 9.77. The number of amides is 2. The van der Waals surface area contributed by atoms with Crippen molar-refractivity contribution in [3.05, 3.63) is 140 Å². The second-order valence-corrected chi connectivity index (χ2v) is 17.4. The van der Waals surface area contributed by atoms with Crippen LogP contribution in [0.5, 0.6) is 0 Å². The molecule has 4 aromatic rings. The second-order valence-electron chi connectivity index (χ2n) is 14.6. The number of rotatable bonds is 6. The summed E-state index contributed by atoms with van der Waals surface area (Å²) in [4.78, 5) is 23.3. The highest BCUT2D eigenvalue weighted by Crippen LogP contribution is 2.59. The predicted molar refractivity (Wildman–Crippen MR) is 218 cm³/mol. The van der Waals surface area contributed by atoms with Gasteiger partial charge in [0.1, 0.15) is 48.9 Å². The Kier molecular flexibility index (Phi) is 12.1. The van der Waals surface area contributed by atoms with E-state index >= 15 is 0 Å². The maximum absolute atomic E-state index is 14.3. The molecular formula is C42H40ClF5N6O2S2. The third-order valence-electron chi connectivity index (χ3n) is 11.0. The first kappa shape index (κ1) is 41.9. The summed E-state index contributed by atoms with van der Waals surface area (Å²) in [6.07, 6.45) is 4.28. The van der Waals surface area contributed by atoms with Crippen LogP contribution in [0.2, 0.25) is 5.02 Å². The number of carbonyl (C=O) groups excluding carboxylic acids is 2. The van der Waals surface area contributed by atoms with Crippen LogP contribution in [0.4, 0.5) is 22.0 Å². The number of hydrogen-bond acceptors (Lipinski definition) is 8. The molecule has 8 rings (SSSR count). The number of benzene rings is 4. The Morgan fingerprint density at radius 1 is 0.672 bits per heavy atom. The number of nitrogens with two attached hydrogens (primary N) is 2. The first-order valence-electron chi connectivity index (χ1n) is 18.8. The zero-order valence-electron chi connectivity index (χ0n) is 31.6. The van der Waals surface area contributed by atoms with Gasteiger partial charge < -0.3 is 11.5 Å². The molecule has 4 aromatic carbocycles. The summed E-state index contributed by atoms with van der Waals surface area (Å²) in [5.41, 5.74) is 15.7. The van der Waals surface area contributed by atoms with Crippen molar-refractivity contribution in [2.45, 2.75) is 62.1 Å². The molecule has 0 fully saturated rings. The third kappa shape index (κ3) is 7.55. The van der Waals surface area contributed by atoms with Gasteiger partial charge in [0.05, 0.1) is 5.02 Å². The summed E-state index contributed by atoms with van der Waals surface area (Å²) in [7, 11) is 0. The van der Waals surface area contributed by atoms with Gasteiger partial charge in [-0.15, -0.1) is 0 Å². The first-order chi connectivity index (χ1) is 27.7. The molecule has 16 heteroatoms. The van der Waals surface area contributed by atoms with E-state index in [-0.39, 0.29) is 35.0 Å². The van der Waals surface area contributed by atoms with Gasteiger partial charge in [-0.2, -0.15) is 10.2 Å². The van der Waals surface area contributed by atoms with E-state index in [9.17, 15) is 31.5 Å². The molecule has 2 heterocycles. The van der Waals surface area contributed by atoms with E-state index in [1.807, 2.05) is 0 Å². The maximum Gasteiger partial charge on any atom is 0.241 e. The summed E-state index contributed by atoms with van der Waals surface area (Å²) in [6.45, 7) is 3.63. The Balaban J connectivity index is 0.000000177. The lowest BCUT2D eigenvalue weighted by Gasteiger charge is -2.45. The maximum atomic E-state index is 14.3. The van der Waals surface area contributed by atoms with Crippen molar-refractivity contribution in [3.8, 4) is 0 Å². The lowest BCUT2D eigenvalue weighted by molar-refractivity contribution is -0.135. The normalized spacial score (nSPS) is 23.3. The Labute approximate surface area is 346 Å². The lowest BCUT2D eigenvalue weighted by Crippen LogP contribution is -2.49. The Morgan fingerprint density at radius 3 is 1.60 bits per heavy atom. The Hall–Kier alpha value is -4.28. The monoisotopic (exact) mass is 854 g/mol. The minimum atomic E-state index is -1.00. The highest BCUT2D eigenvalue weighted by molar-refractivity contribution is 8.15. The molecule has 0 aromatic heterocycles. The van der Waals surface area contributed by atoms with Crippen molar-refractivity contribution < 1.29 is 31.5 Å². The van der Waals surface area contributed by atoms with Crippen LogP contribution < -0.4 is 11.5 Å². The summed E-state index contributed by atoms with van der Waals surface area (Å²) in [6, 6.07) is 16.4. The molecular weight excluding hydrogens is 815 g/mol. The SMILES string of the molecule is CC(=O)N1N=C(c2cc(F)cc(F)c2)S[C@]12c1cc(F)ccc1CC[C@@H]2CCN.CC(=O)N1N=C(c2cc(F)ccc2Cl)SC12c1cc(F)ccc1CCC2CCN. The molecule has 0 radical (unpaired) electrons. The average Bonchev–Trinajstić information content (AvgIpc) is 3.78. The van der Waals surface area contributed by atoms with Gasteiger partial charge in [0.15, 0.2) is 0 Å². The fourth-order valence-electron chi connectivity index (χ4n) is 8.55. The molecule has 0 saturated carbocycles. The van der Waals surface area contributed by atoms with Gasteiger partial charge in [-0.05, 0) is 140 Å². The van der Waals surface area contributed by atoms with E-state index in [0.29, 0.717) is 57.7 Å². The molecule has 2 spiro atoms. The molecule has 4 atom stereocenters. The number of nitrogens with zero attached hydrogens (tertiary/aromatic N) is 4. The van der Waals surface area contributed by atoms with Crippen molar-refractivity contribution in [1.29, 1.82) is 0 Å². The second kappa shape index (κ2) is 16.8. The zero-order chi connectivity index (χ0) is 41.5. The van der Waals surface area contributed by atoms with Crippen LogP contribution >= 0.6 is 35.1 Å². The fraction of sp³-hybridized carbons (Fsp3) is 0.333. The van der Waals surface area contributed by atoms with Crippen LogP contribution in [0.3, 0.4) is 0 Å². The van der Waals surface area contributed by atoms with Crippen LogP contribution in [-0.2, 0) is 32.2 Å². The quantitative estimate of drug-likeness (QED) is 0.188. The van der Waals surface area contributed by atoms with E-state index in [4.69, 9.17) is 23.1 Å². The minimum Gasteiger partial charge on any atom is -0.330 e. The zero-order valence-corrected chi connectivity index (χ0v) is 34.0. The van der Waals surface area contributed by atoms with E-state index < -0.39 is 33.0 Å². The molecule has 2 aliphatic heterocycles. The molecule has 0 saturated heterocycles. The predicted octanol–water partition coefficient (Wildman–Crippen LogP) is 8.76. The fourth-order valence-corrected chi connectivity index (χ4v) is 12.1. The topological polar surface area (TPSA) is 117 Å². The van der Waals surface area contributed by atoms with Crippen molar-refractivity contribution in [1.82, 2.24) is 10.0 Å². The summed E-state index contributed by atoms with van der Waals surface area (Å²) in [5.74, 6) is -3.43. The molecule has 4 aliphatic rings. The molecule has 58 heavy (non-hydrogen) atoms. The van der Waals surface area contributed by atoms with Gasteiger partial charge in [0.25, 0.3) is 0 Å². The molecule has 2 aliphatic carbocycles. The number of fused-ring (bicyclic) bond motifs is 4. The highest BCUT2D eigenvalue weighted by Gasteiger charge is 2.56. The molecule has 4 N–H and O–H groups in total. The Morgan fingerprint density at radius 2 is 1.12 bits per heavy atom. The minimum absolute atomic E-state index is 0.0377. The van der Waals surface area contributed by atoms with Gasteiger partial charge >= 0.3 is 0 Å². The number of halogens is 6. The van der Waals surface area contributed by atoms with E-state index in [0.717, 1.165) is 42.9 Å². The van der Waals surface area contributed by atoms with Crippen LogP contribution in [-0.4, -0.2) is 45.0 Å². The highest BCUT2D eigenvalue weighted by atomic mass is 35.5. The van der Waals surface area contributed by atoms with Gasteiger partial charge in [-0.3, -0.25) is 9.59 Å². The number of hydrogen-bond donors (Lipinski definition) is 2. The number of hydrazone groups is 2. The molecule has 2 unspecified atom stereocenters. The van der Waals surface area contributed by atoms with Gasteiger partial charge in [-0.25, -0.2) is 32.0 Å². The van der Waals surface area contributed by atoms with Crippen LogP contribution in [0, 0.1) is 40.9 Å². The largest absolute Gasteiger partial charge is 0.330 e. The summed E-state index contributed by atoms with van der Waals surface area (Å²) in [5, 5.41) is 12.8.